The summed E-state index contributed by atoms with van der Waals surface area (Å²) in [5, 5.41) is 10.1. The lowest BCUT2D eigenvalue weighted by molar-refractivity contribution is 0.102. The minimum atomic E-state index is -0.202. The lowest BCUT2D eigenvalue weighted by Gasteiger charge is -2.13. The zero-order valence-electron chi connectivity index (χ0n) is 18.4. The lowest BCUT2D eigenvalue weighted by atomic mass is 10.2. The predicted octanol–water partition coefficient (Wildman–Crippen LogP) is 4.99. The van der Waals surface area contributed by atoms with E-state index in [0.717, 1.165) is 29.8 Å². The van der Waals surface area contributed by atoms with E-state index in [1.807, 2.05) is 26.0 Å². The van der Waals surface area contributed by atoms with Gasteiger partial charge in [-0.15, -0.1) is 0 Å². The van der Waals surface area contributed by atoms with Crippen molar-refractivity contribution in [2.75, 3.05) is 5.75 Å². The monoisotopic (exact) mass is 454 g/mol. The van der Waals surface area contributed by atoms with Crippen LogP contribution in [0.2, 0.25) is 0 Å². The van der Waals surface area contributed by atoms with Crippen LogP contribution in [-0.2, 0) is 0 Å². The molecule has 6 nitrogen and oxygen atoms in total. The first kappa shape index (κ1) is 21.2. The predicted molar refractivity (Wildman–Crippen MR) is 129 cm³/mol. The van der Waals surface area contributed by atoms with Crippen LogP contribution in [0.3, 0.4) is 0 Å². The maximum absolute atomic E-state index is 13.4. The van der Waals surface area contributed by atoms with E-state index in [1.165, 1.54) is 16.3 Å². The number of nitrogens with zero attached hydrogens (tertiary/aromatic N) is 4. The molecule has 0 atom stereocenters. The molecule has 1 fully saturated rings. The van der Waals surface area contributed by atoms with Crippen LogP contribution in [0.15, 0.2) is 64.5 Å². The number of thioether (sulfide) groups is 1. The van der Waals surface area contributed by atoms with Gasteiger partial charge in [-0.3, -0.25) is 14.2 Å². The maximum Gasteiger partial charge on any atom is 0.266 e. The molecule has 5 rings (SSSR count). The van der Waals surface area contributed by atoms with Gasteiger partial charge < -0.3 is 4.57 Å². The number of nitriles is 1. The molecule has 0 bridgehead atoms. The number of benzene rings is 2. The van der Waals surface area contributed by atoms with E-state index < -0.39 is 0 Å². The van der Waals surface area contributed by atoms with E-state index in [9.17, 15) is 9.59 Å². The first-order valence-corrected chi connectivity index (χ1v) is 11.8. The van der Waals surface area contributed by atoms with Crippen molar-refractivity contribution in [3.05, 3.63) is 87.5 Å². The van der Waals surface area contributed by atoms with Gasteiger partial charge in [-0.2, -0.15) is 5.26 Å². The number of Topliss-reactive ketones (excluding diaryl/α,β-unsaturated/α-hetero) is 1. The third-order valence-electron chi connectivity index (χ3n) is 6.03. The van der Waals surface area contributed by atoms with E-state index in [0.29, 0.717) is 33.4 Å². The molecular weight excluding hydrogens is 432 g/mol. The fraction of sp³-hybridized carbons (Fsp3) is 0.231. The van der Waals surface area contributed by atoms with Gasteiger partial charge in [0.2, 0.25) is 0 Å². The second kappa shape index (κ2) is 8.38. The molecule has 4 aromatic rings. The van der Waals surface area contributed by atoms with Gasteiger partial charge in [-0.05, 0) is 69.2 Å². The largest absolute Gasteiger partial charge is 0.345 e. The van der Waals surface area contributed by atoms with Crippen LogP contribution >= 0.6 is 11.8 Å². The molecule has 1 aliphatic rings. The molecule has 0 amide bonds. The van der Waals surface area contributed by atoms with Gasteiger partial charge in [0.05, 0.1) is 34.0 Å². The van der Waals surface area contributed by atoms with E-state index >= 15 is 0 Å². The number of aromatic nitrogens is 3. The summed E-state index contributed by atoms with van der Waals surface area (Å²) in [6, 6.07) is 18.6. The van der Waals surface area contributed by atoms with Gasteiger partial charge in [-0.1, -0.05) is 23.9 Å². The van der Waals surface area contributed by atoms with E-state index in [1.54, 1.807) is 42.5 Å². The molecule has 33 heavy (non-hydrogen) atoms. The van der Waals surface area contributed by atoms with Gasteiger partial charge in [0, 0.05) is 23.0 Å². The summed E-state index contributed by atoms with van der Waals surface area (Å²) in [6.45, 7) is 4.05. The summed E-state index contributed by atoms with van der Waals surface area (Å²) in [7, 11) is 0. The van der Waals surface area contributed by atoms with Crippen LogP contribution in [0.1, 0.15) is 46.2 Å². The molecule has 0 spiro atoms. The van der Waals surface area contributed by atoms with Crippen molar-refractivity contribution in [3.8, 4) is 11.8 Å². The van der Waals surface area contributed by atoms with Crippen LogP contribution in [0.5, 0.6) is 0 Å². The highest BCUT2D eigenvalue weighted by Gasteiger charge is 2.28. The molecule has 0 saturated heterocycles. The molecule has 7 heteroatoms. The van der Waals surface area contributed by atoms with Gasteiger partial charge in [-0.25, -0.2) is 4.98 Å². The Balaban J connectivity index is 1.52. The Kier molecular flexibility index (Phi) is 5.39. The summed E-state index contributed by atoms with van der Waals surface area (Å²) in [6.07, 6.45) is 2.33. The van der Waals surface area contributed by atoms with Crippen molar-refractivity contribution in [1.29, 1.82) is 5.26 Å². The number of hydrogen-bond acceptors (Lipinski definition) is 5. The Morgan fingerprint density at radius 1 is 1.15 bits per heavy atom. The van der Waals surface area contributed by atoms with Gasteiger partial charge in [0.15, 0.2) is 10.9 Å². The van der Waals surface area contributed by atoms with Crippen molar-refractivity contribution in [1.82, 2.24) is 14.1 Å². The Morgan fingerprint density at radius 3 is 2.58 bits per heavy atom. The smallest absolute Gasteiger partial charge is 0.266 e. The Bertz CT molecular complexity index is 1490. The molecular formula is C26H22N4O2S. The summed E-state index contributed by atoms with van der Waals surface area (Å²) in [5.74, 6) is 0.199. The molecule has 0 N–H and O–H groups in total. The average molecular weight is 455 g/mol. The third-order valence-corrected chi connectivity index (χ3v) is 6.97. The molecule has 0 aliphatic heterocycles. The summed E-state index contributed by atoms with van der Waals surface area (Å²) in [4.78, 5) is 31.2. The molecule has 2 heterocycles. The Hall–Kier alpha value is -3.63. The molecule has 2 aromatic carbocycles. The highest BCUT2D eigenvalue weighted by Crippen LogP contribution is 2.38. The van der Waals surface area contributed by atoms with Crippen LogP contribution in [0.25, 0.3) is 16.6 Å². The third kappa shape index (κ3) is 3.87. The highest BCUT2D eigenvalue weighted by atomic mass is 32.2. The van der Waals surface area contributed by atoms with E-state index in [-0.39, 0.29) is 17.1 Å². The molecule has 0 radical (unpaired) electrons. The van der Waals surface area contributed by atoms with Gasteiger partial charge >= 0.3 is 0 Å². The van der Waals surface area contributed by atoms with Crippen molar-refractivity contribution < 1.29 is 4.79 Å². The van der Waals surface area contributed by atoms with Crippen molar-refractivity contribution in [2.45, 2.75) is 37.9 Å². The van der Waals surface area contributed by atoms with Crippen LogP contribution < -0.4 is 5.56 Å². The summed E-state index contributed by atoms with van der Waals surface area (Å²) in [5.41, 5.74) is 4.37. The zero-order valence-corrected chi connectivity index (χ0v) is 19.2. The number of ketones is 1. The highest BCUT2D eigenvalue weighted by molar-refractivity contribution is 7.99. The van der Waals surface area contributed by atoms with E-state index in [4.69, 9.17) is 10.2 Å². The molecule has 1 saturated carbocycles. The van der Waals surface area contributed by atoms with Gasteiger partial charge in [0.1, 0.15) is 0 Å². The lowest BCUT2D eigenvalue weighted by Crippen LogP contribution is -2.22. The first-order valence-electron chi connectivity index (χ1n) is 10.8. The number of carbonyl (C=O) groups is 1. The van der Waals surface area contributed by atoms with Crippen LogP contribution in [-0.4, -0.2) is 25.7 Å². The quantitative estimate of drug-likeness (QED) is 0.233. The van der Waals surface area contributed by atoms with Gasteiger partial charge in [0.25, 0.3) is 5.56 Å². The van der Waals surface area contributed by atoms with Crippen LogP contribution in [0, 0.1) is 25.2 Å². The second-order valence-electron chi connectivity index (χ2n) is 8.31. The van der Waals surface area contributed by atoms with E-state index in [2.05, 4.69) is 10.6 Å². The number of aryl methyl sites for hydroxylation is 1. The topological polar surface area (TPSA) is 80.7 Å². The fourth-order valence-electron chi connectivity index (χ4n) is 4.28. The maximum atomic E-state index is 13.4. The second-order valence-corrected chi connectivity index (χ2v) is 9.25. The van der Waals surface area contributed by atoms with Crippen molar-refractivity contribution in [2.24, 2.45) is 0 Å². The minimum Gasteiger partial charge on any atom is -0.345 e. The Labute approximate surface area is 195 Å². The van der Waals surface area contributed by atoms with Crippen molar-refractivity contribution in [3.63, 3.8) is 0 Å². The average Bonchev–Trinajstić information content (AvgIpc) is 3.61. The fourth-order valence-corrected chi connectivity index (χ4v) is 5.18. The van der Waals surface area contributed by atoms with Crippen molar-refractivity contribution >= 4 is 28.4 Å². The Morgan fingerprint density at radius 2 is 1.88 bits per heavy atom. The number of hydrogen-bond donors (Lipinski definition) is 0. The number of rotatable bonds is 6. The first-order chi connectivity index (χ1) is 16.0. The molecule has 164 valence electrons. The van der Waals surface area contributed by atoms with Crippen LogP contribution in [0.4, 0.5) is 0 Å². The summed E-state index contributed by atoms with van der Waals surface area (Å²) >= 11 is 1.26. The number of carbonyl (C=O) groups excluding carboxylic acids is 1. The molecule has 1 aliphatic carbocycles. The number of fused-ring (bicyclic) bond motifs is 1. The standard InChI is InChI=1S/C26H22N4O2S/c1-16-13-22(17(2)29(16)19-11-12-19)24(31)15-33-26-28-23-6-4-3-5-21(23)25(32)30(26)20-9-7-18(14-27)8-10-20/h3-10,13,19H,11-12,15H2,1-2H3. The molecule has 2 aromatic heterocycles. The zero-order chi connectivity index (χ0) is 23.1. The minimum absolute atomic E-state index is 0.0220. The number of para-hydroxylation sites is 1. The molecule has 0 unspecified atom stereocenters. The normalized spacial score (nSPS) is 13.2. The summed E-state index contributed by atoms with van der Waals surface area (Å²) < 4.78 is 3.79. The SMILES string of the molecule is Cc1cc(C(=O)CSc2nc3ccccc3c(=O)n2-c2ccc(C#N)cc2)c(C)n1C1CC1.